The number of amides is 1. The van der Waals surface area contributed by atoms with Crippen LogP contribution in [-0.2, 0) is 6.54 Å². The molecule has 0 fully saturated rings. The molecule has 0 unspecified atom stereocenters. The normalized spacial score (nSPS) is 10.0. The number of nitrogens with two attached hydrogens (primary N) is 1. The van der Waals surface area contributed by atoms with Crippen molar-refractivity contribution in [3.63, 3.8) is 0 Å². The average Bonchev–Trinajstić information content (AvgIpc) is 2.45. The topological polar surface area (TPSA) is 124 Å². The van der Waals surface area contributed by atoms with Crippen molar-refractivity contribution < 1.29 is 9.72 Å². The highest BCUT2D eigenvalue weighted by molar-refractivity contribution is 5.94. The summed E-state index contributed by atoms with van der Waals surface area (Å²) >= 11 is 0. The maximum Gasteiger partial charge on any atom is 0.292 e. The van der Waals surface area contributed by atoms with Crippen LogP contribution in [0.2, 0.25) is 0 Å². The first-order chi connectivity index (χ1) is 9.58. The molecule has 1 heterocycles. The van der Waals surface area contributed by atoms with Gasteiger partial charge in [0, 0.05) is 17.8 Å². The third kappa shape index (κ3) is 3.05. The predicted molar refractivity (Wildman–Crippen MR) is 71.0 cm³/mol. The Bertz CT molecular complexity index is 645. The van der Waals surface area contributed by atoms with E-state index in [2.05, 4.69) is 15.3 Å². The fourth-order valence-corrected chi connectivity index (χ4v) is 1.60. The third-order valence-corrected chi connectivity index (χ3v) is 2.58. The number of carbonyl (C=O) groups is 1. The largest absolute Gasteiger partial charge is 0.374 e. The van der Waals surface area contributed by atoms with Gasteiger partial charge in [-0.15, -0.1) is 0 Å². The maximum absolute atomic E-state index is 11.1. The highest BCUT2D eigenvalue weighted by Crippen LogP contribution is 2.25. The van der Waals surface area contributed by atoms with E-state index in [4.69, 9.17) is 5.73 Å². The molecule has 1 aromatic carbocycles. The van der Waals surface area contributed by atoms with E-state index in [1.165, 1.54) is 24.5 Å². The first-order valence-electron chi connectivity index (χ1n) is 5.65. The molecule has 8 nitrogen and oxygen atoms in total. The van der Waals surface area contributed by atoms with E-state index in [1.54, 1.807) is 12.3 Å². The predicted octanol–water partition coefficient (Wildman–Crippen LogP) is 1.10. The molecule has 8 heteroatoms. The first kappa shape index (κ1) is 13.4. The van der Waals surface area contributed by atoms with Gasteiger partial charge in [0.2, 0.25) is 5.91 Å². The lowest BCUT2D eigenvalue weighted by molar-refractivity contribution is -0.384. The number of carbonyl (C=O) groups excluding carboxylic acids is 1. The van der Waals surface area contributed by atoms with Crippen LogP contribution < -0.4 is 11.1 Å². The number of nitrogens with zero attached hydrogens (tertiary/aromatic N) is 3. The summed E-state index contributed by atoms with van der Waals surface area (Å²) in [6.45, 7) is 0.269. The Morgan fingerprint density at radius 2 is 2.20 bits per heavy atom. The molecule has 3 N–H and O–H groups in total. The second-order valence-electron chi connectivity index (χ2n) is 3.91. The molecule has 1 aromatic heterocycles. The fourth-order valence-electron chi connectivity index (χ4n) is 1.60. The summed E-state index contributed by atoms with van der Waals surface area (Å²) in [5.41, 5.74) is 6.10. The van der Waals surface area contributed by atoms with Gasteiger partial charge in [-0.1, -0.05) is 0 Å². The molecule has 0 atom stereocenters. The Morgan fingerprint density at radius 1 is 1.40 bits per heavy atom. The van der Waals surface area contributed by atoms with E-state index in [-0.39, 0.29) is 23.5 Å². The van der Waals surface area contributed by atoms with Crippen LogP contribution in [0.25, 0.3) is 0 Å². The van der Waals surface area contributed by atoms with Crippen LogP contribution in [-0.4, -0.2) is 20.8 Å². The van der Waals surface area contributed by atoms with Gasteiger partial charge in [-0.25, -0.2) is 9.97 Å². The van der Waals surface area contributed by atoms with E-state index >= 15 is 0 Å². The van der Waals surface area contributed by atoms with Gasteiger partial charge in [-0.2, -0.15) is 0 Å². The summed E-state index contributed by atoms with van der Waals surface area (Å²) in [5, 5.41) is 13.8. The molecular formula is C12H11N5O3. The number of benzene rings is 1. The molecule has 0 saturated carbocycles. The van der Waals surface area contributed by atoms with Crippen molar-refractivity contribution in [1.29, 1.82) is 0 Å². The number of anilines is 1. The van der Waals surface area contributed by atoms with Crippen LogP contribution in [0.3, 0.4) is 0 Å². The standard InChI is InChI=1S/C12H11N5O3/c13-12(18)8-1-2-11(17(19)20)10(5-8)15-6-9-3-4-14-7-16-9/h1-5,7,15H,6H2,(H2,13,18). The minimum Gasteiger partial charge on any atom is -0.374 e. The number of hydrogen-bond donors (Lipinski definition) is 2. The summed E-state index contributed by atoms with van der Waals surface area (Å²) in [4.78, 5) is 29.3. The second kappa shape index (κ2) is 5.74. The van der Waals surface area contributed by atoms with Gasteiger partial charge in [-0.3, -0.25) is 14.9 Å². The smallest absolute Gasteiger partial charge is 0.292 e. The van der Waals surface area contributed by atoms with Crippen molar-refractivity contribution in [2.75, 3.05) is 5.32 Å². The SMILES string of the molecule is NC(=O)c1ccc([N+](=O)[O-])c(NCc2ccncn2)c1. The van der Waals surface area contributed by atoms with Crippen molar-refractivity contribution in [3.8, 4) is 0 Å². The van der Waals surface area contributed by atoms with E-state index < -0.39 is 10.8 Å². The number of nitrogens with one attached hydrogen (secondary N) is 1. The fraction of sp³-hybridized carbons (Fsp3) is 0.0833. The van der Waals surface area contributed by atoms with Gasteiger partial charge >= 0.3 is 0 Å². The number of hydrogen-bond acceptors (Lipinski definition) is 6. The third-order valence-electron chi connectivity index (χ3n) is 2.58. The minimum atomic E-state index is -0.648. The number of nitro groups is 1. The first-order valence-corrected chi connectivity index (χ1v) is 5.65. The quantitative estimate of drug-likeness (QED) is 0.620. The zero-order valence-electron chi connectivity index (χ0n) is 10.3. The summed E-state index contributed by atoms with van der Waals surface area (Å²) in [6, 6.07) is 5.58. The van der Waals surface area contributed by atoms with E-state index in [9.17, 15) is 14.9 Å². The Balaban J connectivity index is 2.26. The molecule has 0 aliphatic heterocycles. The van der Waals surface area contributed by atoms with Crippen LogP contribution in [0, 0.1) is 10.1 Å². The van der Waals surface area contributed by atoms with Crippen LogP contribution >= 0.6 is 0 Å². The number of primary amides is 1. The molecule has 20 heavy (non-hydrogen) atoms. The molecule has 0 aliphatic rings. The lowest BCUT2D eigenvalue weighted by Crippen LogP contribution is -2.12. The van der Waals surface area contributed by atoms with Gasteiger partial charge < -0.3 is 11.1 Å². The zero-order chi connectivity index (χ0) is 14.5. The maximum atomic E-state index is 11.1. The molecule has 0 spiro atoms. The summed E-state index contributed by atoms with van der Waals surface area (Å²) < 4.78 is 0. The zero-order valence-corrected chi connectivity index (χ0v) is 10.3. The molecule has 2 aromatic rings. The van der Waals surface area contributed by atoms with Crippen LogP contribution in [0.4, 0.5) is 11.4 Å². The number of aromatic nitrogens is 2. The molecular weight excluding hydrogens is 262 g/mol. The van der Waals surface area contributed by atoms with Gasteiger partial charge in [0.05, 0.1) is 17.2 Å². The van der Waals surface area contributed by atoms with E-state index in [1.807, 2.05) is 0 Å². The molecule has 1 amide bonds. The average molecular weight is 273 g/mol. The summed E-state index contributed by atoms with van der Waals surface area (Å²) in [6.07, 6.45) is 2.95. The highest BCUT2D eigenvalue weighted by Gasteiger charge is 2.15. The van der Waals surface area contributed by atoms with Crippen molar-refractivity contribution in [2.45, 2.75) is 6.54 Å². The van der Waals surface area contributed by atoms with E-state index in [0.717, 1.165) is 0 Å². The van der Waals surface area contributed by atoms with Gasteiger partial charge in [0.25, 0.3) is 5.69 Å². The molecule has 0 radical (unpaired) electrons. The van der Waals surface area contributed by atoms with Gasteiger partial charge in [-0.05, 0) is 18.2 Å². The Labute approximate surface area is 113 Å². The number of nitro benzene ring substituents is 1. The molecule has 0 saturated heterocycles. The lowest BCUT2D eigenvalue weighted by Gasteiger charge is -2.07. The lowest BCUT2D eigenvalue weighted by atomic mass is 10.1. The Morgan fingerprint density at radius 3 is 2.80 bits per heavy atom. The summed E-state index contributed by atoms with van der Waals surface area (Å²) in [5.74, 6) is -0.648. The molecule has 0 bridgehead atoms. The van der Waals surface area contributed by atoms with Crippen LogP contribution in [0.5, 0.6) is 0 Å². The van der Waals surface area contributed by atoms with Crippen LogP contribution in [0.1, 0.15) is 16.1 Å². The highest BCUT2D eigenvalue weighted by atomic mass is 16.6. The number of rotatable bonds is 5. The van der Waals surface area contributed by atoms with Crippen molar-refractivity contribution in [3.05, 3.63) is 58.2 Å². The molecule has 2 rings (SSSR count). The Kier molecular flexibility index (Phi) is 3.85. The Hall–Kier alpha value is -3.03. The minimum absolute atomic E-state index is 0.135. The molecule has 0 aliphatic carbocycles. The monoisotopic (exact) mass is 273 g/mol. The van der Waals surface area contributed by atoms with Crippen molar-refractivity contribution in [2.24, 2.45) is 5.73 Å². The van der Waals surface area contributed by atoms with Gasteiger partial charge in [0.1, 0.15) is 12.0 Å². The second-order valence-corrected chi connectivity index (χ2v) is 3.91. The molecule has 102 valence electrons. The van der Waals surface area contributed by atoms with Crippen LogP contribution in [0.15, 0.2) is 36.8 Å². The van der Waals surface area contributed by atoms with E-state index in [0.29, 0.717) is 5.69 Å². The van der Waals surface area contributed by atoms with Crippen molar-refractivity contribution >= 4 is 17.3 Å². The van der Waals surface area contributed by atoms with Crippen molar-refractivity contribution in [1.82, 2.24) is 9.97 Å². The summed E-state index contributed by atoms with van der Waals surface area (Å²) in [7, 11) is 0. The van der Waals surface area contributed by atoms with Gasteiger partial charge in [0.15, 0.2) is 0 Å².